The lowest BCUT2D eigenvalue weighted by molar-refractivity contribution is -0.143. The van der Waals surface area contributed by atoms with Crippen LogP contribution in [0.3, 0.4) is 0 Å². The van der Waals surface area contributed by atoms with E-state index in [4.69, 9.17) is 10.5 Å². The highest BCUT2D eigenvalue weighted by molar-refractivity contribution is 5.95. The number of ether oxygens (including phenoxy) is 1. The Morgan fingerprint density at radius 3 is 2.50 bits per heavy atom. The quantitative estimate of drug-likeness (QED) is 0.642. The van der Waals surface area contributed by atoms with Crippen LogP contribution in [0.5, 0.6) is 0 Å². The van der Waals surface area contributed by atoms with E-state index < -0.39 is 12.0 Å². The van der Waals surface area contributed by atoms with Crippen molar-refractivity contribution in [1.82, 2.24) is 10.2 Å². The lowest BCUT2D eigenvalue weighted by Crippen LogP contribution is -2.48. The monoisotopic (exact) mass is 331 g/mol. The molecule has 1 unspecified atom stereocenters. The van der Waals surface area contributed by atoms with E-state index in [0.29, 0.717) is 23.5 Å². The number of nitrogens with two attached hydrogens (primary N) is 1. The molecule has 24 heavy (non-hydrogen) atoms. The van der Waals surface area contributed by atoms with Crippen LogP contribution in [0.25, 0.3) is 0 Å². The van der Waals surface area contributed by atoms with Gasteiger partial charge >= 0.3 is 12.0 Å². The maximum Gasteiger partial charge on any atom is 0.338 e. The summed E-state index contributed by atoms with van der Waals surface area (Å²) in [6, 6.07) is 6.37. The van der Waals surface area contributed by atoms with Crippen molar-refractivity contribution in [2.75, 3.05) is 12.3 Å². The van der Waals surface area contributed by atoms with Crippen molar-refractivity contribution in [3.05, 3.63) is 41.1 Å². The highest BCUT2D eigenvalue weighted by Crippen LogP contribution is 2.32. The van der Waals surface area contributed by atoms with E-state index in [1.807, 2.05) is 19.1 Å². The average Bonchev–Trinajstić information content (AvgIpc) is 2.50. The van der Waals surface area contributed by atoms with Crippen molar-refractivity contribution < 1.29 is 14.3 Å². The number of hydrogen-bond donors (Lipinski definition) is 2. The Kier molecular flexibility index (Phi) is 5.49. The molecule has 2 rings (SSSR count). The normalized spacial score (nSPS) is 18.0. The Hall–Kier alpha value is -2.50. The van der Waals surface area contributed by atoms with Crippen molar-refractivity contribution in [2.24, 2.45) is 0 Å². The minimum atomic E-state index is -0.544. The number of nitrogen functional groups attached to an aromatic ring is 1. The first-order valence-corrected chi connectivity index (χ1v) is 8.20. The summed E-state index contributed by atoms with van der Waals surface area (Å²) < 4.78 is 5.40. The molecule has 3 N–H and O–H groups in total. The molecule has 0 saturated heterocycles. The summed E-state index contributed by atoms with van der Waals surface area (Å²) in [4.78, 5) is 26.7. The Bertz CT molecular complexity index is 650. The Morgan fingerprint density at radius 1 is 1.33 bits per heavy atom. The van der Waals surface area contributed by atoms with Crippen LogP contribution in [0.4, 0.5) is 10.5 Å². The summed E-state index contributed by atoms with van der Waals surface area (Å²) >= 11 is 0. The first-order valence-electron chi connectivity index (χ1n) is 8.20. The number of anilines is 1. The van der Waals surface area contributed by atoms with Crippen LogP contribution < -0.4 is 11.1 Å². The van der Waals surface area contributed by atoms with Crippen LogP contribution in [-0.2, 0) is 9.53 Å². The van der Waals surface area contributed by atoms with E-state index in [-0.39, 0.29) is 12.1 Å². The molecule has 1 aliphatic heterocycles. The third-order valence-electron chi connectivity index (χ3n) is 3.88. The molecule has 0 spiro atoms. The first-order chi connectivity index (χ1) is 11.3. The van der Waals surface area contributed by atoms with Crippen molar-refractivity contribution in [3.8, 4) is 0 Å². The predicted molar refractivity (Wildman–Crippen MR) is 93.1 cm³/mol. The fourth-order valence-electron chi connectivity index (χ4n) is 2.75. The molecule has 0 bridgehead atoms. The van der Waals surface area contributed by atoms with Crippen molar-refractivity contribution in [3.63, 3.8) is 0 Å². The first kappa shape index (κ1) is 17.8. The minimum absolute atomic E-state index is 0.211. The summed E-state index contributed by atoms with van der Waals surface area (Å²) in [5.41, 5.74) is 8.25. The maximum absolute atomic E-state index is 12.6. The van der Waals surface area contributed by atoms with Crippen LogP contribution in [0, 0.1) is 0 Å². The van der Waals surface area contributed by atoms with E-state index in [1.165, 1.54) is 0 Å². The predicted octanol–water partition coefficient (Wildman–Crippen LogP) is 2.97. The van der Waals surface area contributed by atoms with Gasteiger partial charge in [-0.05, 0) is 44.9 Å². The zero-order chi connectivity index (χ0) is 17.9. The van der Waals surface area contributed by atoms with Gasteiger partial charge in [-0.25, -0.2) is 9.59 Å². The van der Waals surface area contributed by atoms with Gasteiger partial charge < -0.3 is 15.8 Å². The number of allylic oxidation sites excluding steroid dienone is 1. The molecular weight excluding hydrogens is 306 g/mol. The fraction of sp³-hybridized carbons (Fsp3) is 0.444. The van der Waals surface area contributed by atoms with Crippen LogP contribution in [-0.4, -0.2) is 29.5 Å². The molecule has 1 aromatic carbocycles. The van der Waals surface area contributed by atoms with E-state index in [0.717, 1.165) is 12.0 Å². The van der Waals surface area contributed by atoms with Gasteiger partial charge in [-0.1, -0.05) is 19.1 Å². The smallest absolute Gasteiger partial charge is 0.338 e. The zero-order valence-electron chi connectivity index (χ0n) is 14.6. The number of urea groups is 1. The molecule has 2 amide bonds. The van der Waals surface area contributed by atoms with Gasteiger partial charge in [-0.15, -0.1) is 0 Å². The number of nitrogens with one attached hydrogen (secondary N) is 1. The third kappa shape index (κ3) is 3.69. The van der Waals surface area contributed by atoms with Gasteiger partial charge in [-0.2, -0.15) is 0 Å². The minimum Gasteiger partial charge on any atom is -0.459 e. The van der Waals surface area contributed by atoms with Gasteiger partial charge in [0, 0.05) is 17.9 Å². The summed E-state index contributed by atoms with van der Waals surface area (Å²) in [7, 11) is 0. The number of carbonyl (C=O) groups is 2. The number of rotatable bonds is 5. The van der Waals surface area contributed by atoms with Gasteiger partial charge in [0.15, 0.2) is 0 Å². The molecule has 0 fully saturated rings. The summed E-state index contributed by atoms with van der Waals surface area (Å²) in [5.74, 6) is -0.412. The van der Waals surface area contributed by atoms with Crippen LogP contribution in [0.15, 0.2) is 35.5 Å². The van der Waals surface area contributed by atoms with E-state index in [9.17, 15) is 9.59 Å². The highest BCUT2D eigenvalue weighted by Gasteiger charge is 2.36. The second kappa shape index (κ2) is 7.38. The Labute approximate surface area is 142 Å². The largest absolute Gasteiger partial charge is 0.459 e. The molecule has 130 valence electrons. The molecule has 1 aromatic rings. The summed E-state index contributed by atoms with van der Waals surface area (Å²) in [6.45, 7) is 7.92. The van der Waals surface area contributed by atoms with Gasteiger partial charge in [0.25, 0.3) is 0 Å². The number of amides is 2. The third-order valence-corrected chi connectivity index (χ3v) is 3.88. The number of carbonyl (C=O) groups excluding carboxylic acids is 2. The highest BCUT2D eigenvalue weighted by atomic mass is 16.5. The van der Waals surface area contributed by atoms with Crippen LogP contribution in [0.2, 0.25) is 0 Å². The van der Waals surface area contributed by atoms with Gasteiger partial charge in [0.2, 0.25) is 0 Å². The maximum atomic E-state index is 12.6. The van der Waals surface area contributed by atoms with Gasteiger partial charge in [0.1, 0.15) is 0 Å². The number of esters is 1. The molecule has 6 nitrogen and oxygen atoms in total. The van der Waals surface area contributed by atoms with E-state index in [1.54, 1.807) is 37.8 Å². The average molecular weight is 331 g/mol. The lowest BCUT2D eigenvalue weighted by atomic mass is 9.94. The van der Waals surface area contributed by atoms with Crippen LogP contribution >= 0.6 is 0 Å². The topological polar surface area (TPSA) is 84.7 Å². The molecule has 0 aliphatic carbocycles. The lowest BCUT2D eigenvalue weighted by Gasteiger charge is -2.35. The van der Waals surface area contributed by atoms with Gasteiger partial charge in [-0.3, -0.25) is 4.90 Å². The second-order valence-corrected chi connectivity index (χ2v) is 6.15. The summed E-state index contributed by atoms with van der Waals surface area (Å²) in [6.07, 6.45) is 0.561. The number of benzene rings is 1. The Balaban J connectivity index is 2.49. The molecule has 0 saturated carbocycles. The molecular formula is C18H25N3O3. The molecule has 0 radical (unpaired) electrons. The van der Waals surface area contributed by atoms with Gasteiger partial charge in [0.05, 0.1) is 17.7 Å². The van der Waals surface area contributed by atoms with Crippen LogP contribution in [0.1, 0.15) is 45.7 Å². The SMILES string of the molecule is CCCN1C(=O)NC(c2ccc(N)cc2)C(C(=O)OC(C)C)=C1C. The molecule has 6 heteroatoms. The zero-order valence-corrected chi connectivity index (χ0v) is 14.6. The summed E-state index contributed by atoms with van der Waals surface area (Å²) in [5, 5.41) is 2.91. The molecule has 1 aliphatic rings. The van der Waals surface area contributed by atoms with E-state index >= 15 is 0 Å². The molecule has 1 heterocycles. The number of nitrogens with zero attached hydrogens (tertiary/aromatic N) is 1. The Morgan fingerprint density at radius 2 is 1.96 bits per heavy atom. The van der Waals surface area contributed by atoms with Crippen molar-refractivity contribution in [2.45, 2.75) is 46.3 Å². The van der Waals surface area contributed by atoms with Crippen molar-refractivity contribution in [1.29, 1.82) is 0 Å². The fourth-order valence-corrected chi connectivity index (χ4v) is 2.75. The van der Waals surface area contributed by atoms with E-state index in [2.05, 4.69) is 5.32 Å². The molecule has 0 aromatic heterocycles. The number of hydrogen-bond acceptors (Lipinski definition) is 4. The second-order valence-electron chi connectivity index (χ2n) is 6.15. The van der Waals surface area contributed by atoms with Crippen molar-refractivity contribution >= 4 is 17.7 Å². The standard InChI is InChI=1S/C18H25N3O3/c1-5-10-21-12(4)15(17(22)24-11(2)3)16(20-18(21)23)13-6-8-14(19)9-7-13/h6-9,11,16H,5,10,19H2,1-4H3,(H,20,23). The molecule has 1 atom stereocenters.